The minimum absolute atomic E-state index is 0.163. The van der Waals surface area contributed by atoms with Crippen LogP contribution in [0.1, 0.15) is 40.5 Å². The summed E-state index contributed by atoms with van der Waals surface area (Å²) in [7, 11) is 0. The van der Waals surface area contributed by atoms with E-state index in [1.807, 2.05) is 13.8 Å². The molecule has 1 aliphatic rings. The number of para-hydroxylation sites is 1. The van der Waals surface area contributed by atoms with Gasteiger partial charge in [-0.3, -0.25) is 4.98 Å². The highest BCUT2D eigenvalue weighted by atomic mass is 16.5. The van der Waals surface area contributed by atoms with Crippen LogP contribution in [0.3, 0.4) is 0 Å². The lowest BCUT2D eigenvalue weighted by molar-refractivity contribution is 0.284. The highest BCUT2D eigenvalue weighted by molar-refractivity contribution is 5.47. The van der Waals surface area contributed by atoms with Crippen LogP contribution in [-0.2, 0) is 6.42 Å². The molecule has 1 atom stereocenters. The average Bonchev–Trinajstić information content (AvgIpc) is 2.45. The van der Waals surface area contributed by atoms with Crippen LogP contribution < -0.4 is 10.5 Å². The van der Waals surface area contributed by atoms with Crippen molar-refractivity contribution >= 4 is 0 Å². The van der Waals surface area contributed by atoms with E-state index in [2.05, 4.69) is 35.3 Å². The second kappa shape index (κ2) is 5.25. The molecule has 3 rings (SSSR count). The number of nitrogens with two attached hydrogens (primary N) is 1. The van der Waals surface area contributed by atoms with Crippen LogP contribution in [0.25, 0.3) is 0 Å². The van der Waals surface area contributed by atoms with Crippen LogP contribution in [0.2, 0.25) is 0 Å². The third-order valence-corrected chi connectivity index (χ3v) is 3.76. The molecule has 1 aliphatic heterocycles. The van der Waals surface area contributed by atoms with Gasteiger partial charge in [0.2, 0.25) is 0 Å². The van der Waals surface area contributed by atoms with Crippen LogP contribution in [0, 0.1) is 13.8 Å². The predicted molar refractivity (Wildman–Crippen MR) is 80.0 cm³/mol. The SMILES string of the molecule is Cc1cc(C(N)c2cccc3c2OCCC3)cc(C)n1. The molecule has 0 spiro atoms. The molecule has 0 saturated carbocycles. The topological polar surface area (TPSA) is 48.1 Å². The molecule has 20 heavy (non-hydrogen) atoms. The summed E-state index contributed by atoms with van der Waals surface area (Å²) in [5, 5.41) is 0. The number of benzene rings is 1. The number of fused-ring (bicyclic) bond motifs is 1. The van der Waals surface area contributed by atoms with Crippen molar-refractivity contribution in [2.45, 2.75) is 32.7 Å². The van der Waals surface area contributed by atoms with Gasteiger partial charge < -0.3 is 10.5 Å². The van der Waals surface area contributed by atoms with Crippen LogP contribution in [0.15, 0.2) is 30.3 Å². The zero-order chi connectivity index (χ0) is 14.1. The molecule has 1 unspecified atom stereocenters. The van der Waals surface area contributed by atoms with E-state index in [-0.39, 0.29) is 6.04 Å². The van der Waals surface area contributed by atoms with Crippen molar-refractivity contribution in [1.82, 2.24) is 4.98 Å². The Balaban J connectivity index is 2.04. The van der Waals surface area contributed by atoms with Gasteiger partial charge in [0.15, 0.2) is 0 Å². The third-order valence-electron chi connectivity index (χ3n) is 3.76. The summed E-state index contributed by atoms with van der Waals surface area (Å²) in [6.07, 6.45) is 2.16. The van der Waals surface area contributed by atoms with E-state index in [0.29, 0.717) is 0 Å². The highest BCUT2D eigenvalue weighted by Gasteiger charge is 2.20. The number of rotatable bonds is 2. The van der Waals surface area contributed by atoms with Crippen LogP contribution in [0.4, 0.5) is 0 Å². The van der Waals surface area contributed by atoms with Gasteiger partial charge in [-0.25, -0.2) is 0 Å². The Morgan fingerprint density at radius 2 is 1.95 bits per heavy atom. The van der Waals surface area contributed by atoms with Gasteiger partial charge in [0.1, 0.15) is 5.75 Å². The normalized spacial score (nSPS) is 15.3. The summed E-state index contributed by atoms with van der Waals surface area (Å²) in [5.74, 6) is 0.985. The molecule has 104 valence electrons. The van der Waals surface area contributed by atoms with Gasteiger partial charge >= 0.3 is 0 Å². The van der Waals surface area contributed by atoms with Crippen molar-refractivity contribution in [3.05, 3.63) is 58.4 Å². The monoisotopic (exact) mass is 268 g/mol. The number of aryl methyl sites for hydroxylation is 3. The molecule has 0 saturated heterocycles. The van der Waals surface area contributed by atoms with Gasteiger partial charge in [-0.1, -0.05) is 18.2 Å². The molecule has 2 heterocycles. The van der Waals surface area contributed by atoms with Crippen LogP contribution in [0.5, 0.6) is 5.75 Å². The summed E-state index contributed by atoms with van der Waals surface area (Å²) in [6.45, 7) is 4.78. The highest BCUT2D eigenvalue weighted by Crippen LogP contribution is 2.34. The summed E-state index contributed by atoms with van der Waals surface area (Å²) in [4.78, 5) is 4.41. The number of nitrogens with zero attached hydrogens (tertiary/aromatic N) is 1. The van der Waals surface area contributed by atoms with Gasteiger partial charge in [0.25, 0.3) is 0 Å². The van der Waals surface area contributed by atoms with Crippen molar-refractivity contribution in [2.24, 2.45) is 5.73 Å². The van der Waals surface area contributed by atoms with Gasteiger partial charge in [-0.2, -0.15) is 0 Å². The minimum Gasteiger partial charge on any atom is -0.493 e. The smallest absolute Gasteiger partial charge is 0.127 e. The first-order valence-electron chi connectivity index (χ1n) is 7.10. The Labute approximate surface area is 119 Å². The van der Waals surface area contributed by atoms with E-state index >= 15 is 0 Å². The molecule has 3 heteroatoms. The number of hydrogen-bond donors (Lipinski definition) is 1. The zero-order valence-corrected chi connectivity index (χ0v) is 12.0. The first-order valence-corrected chi connectivity index (χ1v) is 7.10. The number of aromatic nitrogens is 1. The average molecular weight is 268 g/mol. The maximum atomic E-state index is 6.47. The maximum Gasteiger partial charge on any atom is 0.127 e. The van der Waals surface area contributed by atoms with Crippen molar-refractivity contribution in [2.75, 3.05) is 6.61 Å². The Morgan fingerprint density at radius 1 is 1.20 bits per heavy atom. The molecule has 0 amide bonds. The lowest BCUT2D eigenvalue weighted by atomic mass is 9.94. The van der Waals surface area contributed by atoms with Crippen molar-refractivity contribution in [3.8, 4) is 5.75 Å². The Kier molecular flexibility index (Phi) is 3.45. The first kappa shape index (κ1) is 13.1. The molecular weight excluding hydrogens is 248 g/mol. The lowest BCUT2D eigenvalue weighted by Crippen LogP contribution is -2.17. The molecular formula is C17H20N2O. The van der Waals surface area contributed by atoms with Crippen LogP contribution in [-0.4, -0.2) is 11.6 Å². The fraction of sp³-hybridized carbons (Fsp3) is 0.353. The quantitative estimate of drug-likeness (QED) is 0.910. The molecule has 0 aliphatic carbocycles. The van der Waals surface area contributed by atoms with E-state index < -0.39 is 0 Å². The van der Waals surface area contributed by atoms with Crippen molar-refractivity contribution < 1.29 is 4.74 Å². The van der Waals surface area contributed by atoms with E-state index in [4.69, 9.17) is 10.5 Å². The zero-order valence-electron chi connectivity index (χ0n) is 12.0. The summed E-state index contributed by atoms with van der Waals surface area (Å²) < 4.78 is 5.86. The molecule has 0 bridgehead atoms. The first-order chi connectivity index (χ1) is 9.65. The maximum absolute atomic E-state index is 6.47. The van der Waals surface area contributed by atoms with Gasteiger partial charge in [0, 0.05) is 17.0 Å². The predicted octanol–water partition coefficient (Wildman–Crippen LogP) is 3.07. The van der Waals surface area contributed by atoms with Crippen molar-refractivity contribution in [1.29, 1.82) is 0 Å². The molecule has 1 aromatic heterocycles. The Hall–Kier alpha value is -1.87. The molecule has 2 aromatic rings. The second-order valence-electron chi connectivity index (χ2n) is 5.45. The molecule has 2 N–H and O–H groups in total. The Bertz CT molecular complexity index is 617. The fourth-order valence-electron chi connectivity index (χ4n) is 2.89. The summed E-state index contributed by atoms with van der Waals surface area (Å²) in [6, 6.07) is 10.2. The summed E-state index contributed by atoms with van der Waals surface area (Å²) in [5.41, 5.74) is 11.9. The summed E-state index contributed by atoms with van der Waals surface area (Å²) >= 11 is 0. The Morgan fingerprint density at radius 3 is 2.70 bits per heavy atom. The largest absolute Gasteiger partial charge is 0.493 e. The molecule has 1 aromatic carbocycles. The number of ether oxygens (including phenoxy) is 1. The van der Waals surface area contributed by atoms with Crippen molar-refractivity contribution in [3.63, 3.8) is 0 Å². The van der Waals surface area contributed by atoms with Gasteiger partial charge in [-0.05, 0) is 49.9 Å². The van der Waals surface area contributed by atoms with E-state index in [1.54, 1.807) is 0 Å². The minimum atomic E-state index is -0.163. The van der Waals surface area contributed by atoms with E-state index in [9.17, 15) is 0 Å². The lowest BCUT2D eigenvalue weighted by Gasteiger charge is -2.23. The number of pyridine rings is 1. The third kappa shape index (κ3) is 2.41. The van der Waals surface area contributed by atoms with Crippen LogP contribution >= 0.6 is 0 Å². The molecule has 3 nitrogen and oxygen atoms in total. The number of hydrogen-bond acceptors (Lipinski definition) is 3. The molecule has 0 radical (unpaired) electrons. The van der Waals surface area contributed by atoms with Gasteiger partial charge in [-0.15, -0.1) is 0 Å². The second-order valence-corrected chi connectivity index (χ2v) is 5.45. The van der Waals surface area contributed by atoms with Gasteiger partial charge in [0.05, 0.1) is 12.6 Å². The fourth-order valence-corrected chi connectivity index (χ4v) is 2.89. The van der Waals surface area contributed by atoms with E-state index in [1.165, 1.54) is 5.56 Å². The van der Waals surface area contributed by atoms with E-state index in [0.717, 1.165) is 47.7 Å². The molecule has 0 fully saturated rings. The standard InChI is InChI=1S/C17H20N2O/c1-11-9-14(10-12(2)19-11)16(18)15-7-3-5-13-6-4-8-20-17(13)15/h3,5,7,9-10,16H,4,6,8,18H2,1-2H3.